The number of fused-ring (bicyclic) bond motifs is 5. The van der Waals surface area contributed by atoms with Crippen molar-refractivity contribution in [3.05, 3.63) is 0 Å². The molecule has 0 radical (unpaired) electrons. The average molecular weight is 294 g/mol. The zero-order chi connectivity index (χ0) is 14.8. The molecule has 21 heavy (non-hydrogen) atoms. The van der Waals surface area contributed by atoms with Crippen molar-refractivity contribution in [2.45, 2.75) is 83.7 Å². The first-order valence-corrected chi connectivity index (χ1v) is 8.97. The topological polar surface area (TPSA) is 49.7 Å². The summed E-state index contributed by atoms with van der Waals surface area (Å²) >= 11 is 0. The predicted octanol–water partition coefficient (Wildman–Crippen LogP) is 3.09. The highest BCUT2D eigenvalue weighted by Gasteiger charge is 2.60. The van der Waals surface area contributed by atoms with E-state index in [-0.39, 0.29) is 23.0 Å². The minimum Gasteiger partial charge on any atom is -0.393 e. The molecule has 1 heterocycles. The molecule has 4 aliphatic rings. The molecule has 0 amide bonds. The van der Waals surface area contributed by atoms with E-state index in [0.29, 0.717) is 5.92 Å². The lowest BCUT2D eigenvalue weighted by atomic mass is 9.48. The lowest BCUT2D eigenvalue weighted by molar-refractivity contribution is -0.249. The van der Waals surface area contributed by atoms with Gasteiger partial charge in [0.05, 0.1) is 12.2 Å². The van der Waals surface area contributed by atoms with E-state index >= 15 is 0 Å². The minimum atomic E-state index is -0.540. The van der Waals surface area contributed by atoms with Gasteiger partial charge in [0.2, 0.25) is 0 Å². The van der Waals surface area contributed by atoms with Gasteiger partial charge in [0.15, 0.2) is 6.29 Å². The van der Waals surface area contributed by atoms with Gasteiger partial charge in [0.1, 0.15) is 0 Å². The number of hydrogen-bond acceptors (Lipinski definition) is 3. The van der Waals surface area contributed by atoms with Crippen LogP contribution in [0.5, 0.6) is 0 Å². The summed E-state index contributed by atoms with van der Waals surface area (Å²) in [5.74, 6) is 2.20. The van der Waals surface area contributed by atoms with Crippen LogP contribution in [0.4, 0.5) is 0 Å². The molecule has 120 valence electrons. The molecule has 1 aliphatic heterocycles. The highest BCUT2D eigenvalue weighted by atomic mass is 16.6. The fraction of sp³-hybridized carbons (Fsp3) is 1.00. The number of aliphatic hydroxyl groups is 2. The summed E-state index contributed by atoms with van der Waals surface area (Å²) in [4.78, 5) is 0. The van der Waals surface area contributed by atoms with Crippen molar-refractivity contribution < 1.29 is 14.9 Å². The molecule has 8 atom stereocenters. The van der Waals surface area contributed by atoms with Gasteiger partial charge in [-0.15, -0.1) is 0 Å². The zero-order valence-corrected chi connectivity index (χ0v) is 13.4. The first-order valence-electron chi connectivity index (χ1n) is 8.97. The molecule has 3 aliphatic carbocycles. The van der Waals surface area contributed by atoms with Gasteiger partial charge in [-0.2, -0.15) is 0 Å². The number of rotatable bonds is 0. The predicted molar refractivity (Wildman–Crippen MR) is 80.5 cm³/mol. The smallest absolute Gasteiger partial charge is 0.154 e. The van der Waals surface area contributed by atoms with Crippen LogP contribution < -0.4 is 0 Å². The summed E-state index contributed by atoms with van der Waals surface area (Å²) in [6, 6.07) is 0. The monoisotopic (exact) mass is 294 g/mol. The van der Waals surface area contributed by atoms with Crippen LogP contribution in [0, 0.1) is 28.6 Å². The Balaban J connectivity index is 1.62. The van der Waals surface area contributed by atoms with Crippen molar-refractivity contribution in [2.24, 2.45) is 28.6 Å². The van der Waals surface area contributed by atoms with Crippen molar-refractivity contribution in [3.8, 4) is 0 Å². The van der Waals surface area contributed by atoms with E-state index in [4.69, 9.17) is 4.74 Å². The van der Waals surface area contributed by atoms with Crippen LogP contribution >= 0.6 is 0 Å². The van der Waals surface area contributed by atoms with E-state index < -0.39 is 6.29 Å². The third kappa shape index (κ3) is 1.90. The highest BCUT2D eigenvalue weighted by Crippen LogP contribution is 2.64. The molecular weight excluding hydrogens is 264 g/mol. The minimum absolute atomic E-state index is 0.0848. The van der Waals surface area contributed by atoms with Crippen molar-refractivity contribution >= 4 is 0 Å². The van der Waals surface area contributed by atoms with Gasteiger partial charge in [-0.1, -0.05) is 13.8 Å². The van der Waals surface area contributed by atoms with Gasteiger partial charge in [-0.3, -0.25) is 0 Å². The van der Waals surface area contributed by atoms with E-state index in [0.717, 1.165) is 37.5 Å². The maximum atomic E-state index is 10.4. The summed E-state index contributed by atoms with van der Waals surface area (Å²) in [6.45, 7) is 4.75. The lowest BCUT2D eigenvalue weighted by Crippen LogP contribution is -2.57. The molecule has 0 aromatic carbocycles. The molecule has 4 fully saturated rings. The zero-order valence-electron chi connectivity index (χ0n) is 13.4. The molecule has 1 saturated heterocycles. The molecule has 0 bridgehead atoms. The normalized spacial score (nSPS) is 60.0. The van der Waals surface area contributed by atoms with E-state index in [1.165, 1.54) is 25.7 Å². The van der Waals surface area contributed by atoms with Gasteiger partial charge < -0.3 is 14.9 Å². The largest absolute Gasteiger partial charge is 0.393 e. The molecule has 0 aromatic rings. The van der Waals surface area contributed by atoms with Crippen LogP contribution in [0.1, 0.15) is 65.2 Å². The number of aliphatic hydroxyl groups excluding tert-OH is 2. The van der Waals surface area contributed by atoms with E-state index in [9.17, 15) is 10.2 Å². The van der Waals surface area contributed by atoms with Crippen LogP contribution in [-0.4, -0.2) is 28.7 Å². The molecule has 2 N–H and O–H groups in total. The third-order valence-electron chi connectivity index (χ3n) is 7.98. The summed E-state index contributed by atoms with van der Waals surface area (Å²) in [5.41, 5.74) is 0.413. The lowest BCUT2D eigenvalue weighted by Gasteiger charge is -2.60. The summed E-state index contributed by atoms with van der Waals surface area (Å²) in [7, 11) is 0. The van der Waals surface area contributed by atoms with Gasteiger partial charge in [0, 0.05) is 0 Å². The molecule has 3 nitrogen and oxygen atoms in total. The Kier molecular flexibility index (Phi) is 3.23. The van der Waals surface area contributed by atoms with Crippen LogP contribution in [-0.2, 0) is 4.74 Å². The second kappa shape index (κ2) is 4.69. The second-order valence-electron chi connectivity index (χ2n) is 8.72. The standard InChI is InChI=1S/C18H30O3/c1-17-9-7-13-11(12(17)4-5-14(17)19)3-6-15-18(13,2)10-8-16(20)21-15/h11-16,19-20H,3-10H2,1-2H3/t11-,12+,13-,14+,15-,16-,17+,18-/m1/s1. The van der Waals surface area contributed by atoms with Gasteiger partial charge >= 0.3 is 0 Å². The second-order valence-corrected chi connectivity index (χ2v) is 8.72. The molecule has 3 saturated carbocycles. The molecule has 0 unspecified atom stereocenters. The SMILES string of the molecule is C[C@]12CC[C@H](O)O[C@@H]1CC[C@H]1[C@H]2CC[C@]2(C)[C@@H](O)CC[C@@H]12. The molecular formula is C18H30O3. The fourth-order valence-corrected chi connectivity index (χ4v) is 6.66. The molecule has 3 heteroatoms. The van der Waals surface area contributed by atoms with Gasteiger partial charge in [0.25, 0.3) is 0 Å². The van der Waals surface area contributed by atoms with Crippen LogP contribution in [0.15, 0.2) is 0 Å². The van der Waals surface area contributed by atoms with Gasteiger partial charge in [-0.25, -0.2) is 0 Å². The molecule has 4 rings (SSSR count). The third-order valence-corrected chi connectivity index (χ3v) is 7.98. The van der Waals surface area contributed by atoms with Crippen LogP contribution in [0.25, 0.3) is 0 Å². The Labute approximate surface area is 128 Å². The maximum absolute atomic E-state index is 10.4. The summed E-state index contributed by atoms with van der Waals surface area (Å²) < 4.78 is 5.91. The van der Waals surface area contributed by atoms with Crippen molar-refractivity contribution in [3.63, 3.8) is 0 Å². The summed E-state index contributed by atoms with van der Waals surface area (Å²) in [5, 5.41) is 20.3. The Bertz CT molecular complexity index is 425. The highest BCUT2D eigenvalue weighted by molar-refractivity contribution is 5.09. The number of hydrogen-bond donors (Lipinski definition) is 2. The summed E-state index contributed by atoms with van der Waals surface area (Å²) in [6.07, 6.45) is 8.46. The van der Waals surface area contributed by atoms with E-state index in [1.807, 2.05) is 0 Å². The maximum Gasteiger partial charge on any atom is 0.154 e. The molecule has 0 spiro atoms. The van der Waals surface area contributed by atoms with Crippen molar-refractivity contribution in [1.82, 2.24) is 0 Å². The van der Waals surface area contributed by atoms with E-state index in [2.05, 4.69) is 13.8 Å². The number of ether oxygens (including phenoxy) is 1. The quantitative estimate of drug-likeness (QED) is 0.722. The first-order chi connectivity index (χ1) is 9.95. The average Bonchev–Trinajstić information content (AvgIpc) is 2.76. The first kappa shape index (κ1) is 14.5. The Morgan fingerprint density at radius 2 is 1.52 bits per heavy atom. The molecule has 0 aromatic heterocycles. The Morgan fingerprint density at radius 3 is 2.33 bits per heavy atom. The van der Waals surface area contributed by atoms with Gasteiger partial charge in [-0.05, 0) is 80.0 Å². The van der Waals surface area contributed by atoms with Crippen molar-refractivity contribution in [1.29, 1.82) is 0 Å². The van der Waals surface area contributed by atoms with Crippen molar-refractivity contribution in [2.75, 3.05) is 0 Å². The van der Waals surface area contributed by atoms with E-state index in [1.54, 1.807) is 0 Å². The Hall–Kier alpha value is -0.120. The Morgan fingerprint density at radius 1 is 0.810 bits per heavy atom. The van der Waals surface area contributed by atoms with Crippen LogP contribution in [0.2, 0.25) is 0 Å². The van der Waals surface area contributed by atoms with Crippen LogP contribution in [0.3, 0.4) is 0 Å². The fourth-order valence-electron chi connectivity index (χ4n) is 6.66.